The maximum atomic E-state index is 12.0. The lowest BCUT2D eigenvalue weighted by Gasteiger charge is -2.31. The van der Waals surface area contributed by atoms with E-state index in [0.717, 1.165) is 12.8 Å². The molecule has 1 aliphatic heterocycles. The zero-order valence-electron chi connectivity index (χ0n) is 11.2. The molecule has 1 saturated heterocycles. The molecule has 2 heterocycles. The number of aromatic nitrogens is 2. The van der Waals surface area contributed by atoms with Gasteiger partial charge in [-0.15, -0.1) is 0 Å². The first kappa shape index (κ1) is 14.2. The van der Waals surface area contributed by atoms with Gasteiger partial charge in [-0.3, -0.25) is 4.79 Å². The molecule has 1 aromatic rings. The number of carbonyl (C=O) groups excluding carboxylic acids is 1. The molecule has 0 bridgehead atoms. The van der Waals surface area contributed by atoms with Gasteiger partial charge in [0.15, 0.2) is 0 Å². The van der Waals surface area contributed by atoms with E-state index in [1.165, 1.54) is 6.33 Å². The normalized spacial score (nSPS) is 15.9. The summed E-state index contributed by atoms with van der Waals surface area (Å²) in [5.41, 5.74) is 0.575. The van der Waals surface area contributed by atoms with Crippen molar-refractivity contribution in [2.24, 2.45) is 5.92 Å². The highest BCUT2D eigenvalue weighted by Gasteiger charge is 2.23. The van der Waals surface area contributed by atoms with E-state index in [9.17, 15) is 9.59 Å². The zero-order valence-corrected chi connectivity index (χ0v) is 11.2. The monoisotopic (exact) mass is 278 g/mol. The van der Waals surface area contributed by atoms with E-state index in [4.69, 9.17) is 5.11 Å². The maximum Gasteiger partial charge on any atom is 0.321 e. The number of carbonyl (C=O) groups is 2. The van der Waals surface area contributed by atoms with Crippen LogP contribution in [0.4, 0.5) is 10.5 Å². The molecule has 1 fully saturated rings. The van der Waals surface area contributed by atoms with Crippen molar-refractivity contribution in [1.29, 1.82) is 0 Å². The van der Waals surface area contributed by atoms with Gasteiger partial charge in [0, 0.05) is 19.5 Å². The van der Waals surface area contributed by atoms with Crippen LogP contribution in [0.25, 0.3) is 0 Å². The lowest BCUT2D eigenvalue weighted by Crippen LogP contribution is -2.41. The third-order valence-electron chi connectivity index (χ3n) is 3.48. The molecule has 7 nitrogen and oxygen atoms in total. The highest BCUT2D eigenvalue weighted by atomic mass is 16.4. The average Bonchev–Trinajstić information content (AvgIpc) is 2.46. The van der Waals surface area contributed by atoms with Crippen LogP contribution in [0.2, 0.25) is 0 Å². The minimum absolute atomic E-state index is 0.156. The molecule has 108 valence electrons. The first-order valence-electron chi connectivity index (χ1n) is 6.68. The Hall–Kier alpha value is -2.18. The fourth-order valence-corrected chi connectivity index (χ4v) is 2.32. The van der Waals surface area contributed by atoms with Gasteiger partial charge >= 0.3 is 12.0 Å². The molecule has 2 rings (SSSR count). The van der Waals surface area contributed by atoms with Crippen LogP contribution in [0.3, 0.4) is 0 Å². The van der Waals surface area contributed by atoms with Gasteiger partial charge in [0.25, 0.3) is 0 Å². The standard InChI is InChI=1S/C13H18N4O3/c18-12(19)2-1-10-3-5-17(6-4-10)13(20)16-11-7-14-9-15-8-11/h7-10H,1-6H2,(H,16,20)(H,18,19). The SMILES string of the molecule is O=C(O)CCC1CCN(C(=O)Nc2cncnc2)CC1. The van der Waals surface area contributed by atoms with Gasteiger partial charge in [-0.05, 0) is 25.2 Å². The summed E-state index contributed by atoms with van der Waals surface area (Å²) in [6.45, 7) is 1.31. The number of anilines is 1. The third-order valence-corrected chi connectivity index (χ3v) is 3.48. The van der Waals surface area contributed by atoms with Crippen molar-refractivity contribution in [2.45, 2.75) is 25.7 Å². The molecule has 20 heavy (non-hydrogen) atoms. The number of rotatable bonds is 4. The second-order valence-corrected chi connectivity index (χ2v) is 4.92. The number of amides is 2. The summed E-state index contributed by atoms with van der Waals surface area (Å²) in [5, 5.41) is 11.4. The molecule has 2 amide bonds. The minimum Gasteiger partial charge on any atom is -0.481 e. The van der Waals surface area contributed by atoms with Crippen molar-refractivity contribution in [1.82, 2.24) is 14.9 Å². The van der Waals surface area contributed by atoms with Crippen molar-refractivity contribution in [3.63, 3.8) is 0 Å². The third kappa shape index (κ3) is 4.18. The summed E-state index contributed by atoms with van der Waals surface area (Å²) in [5.74, 6) is -0.357. The molecule has 0 aliphatic carbocycles. The highest BCUT2D eigenvalue weighted by molar-refractivity contribution is 5.88. The lowest BCUT2D eigenvalue weighted by molar-refractivity contribution is -0.137. The summed E-state index contributed by atoms with van der Waals surface area (Å²) < 4.78 is 0. The molecule has 0 spiro atoms. The zero-order chi connectivity index (χ0) is 14.4. The topological polar surface area (TPSA) is 95.4 Å². The number of nitrogens with zero attached hydrogens (tertiary/aromatic N) is 3. The number of carboxylic acids is 1. The van der Waals surface area contributed by atoms with Crippen molar-refractivity contribution in [3.8, 4) is 0 Å². The van der Waals surface area contributed by atoms with Crippen LogP contribution in [0.15, 0.2) is 18.7 Å². The number of aliphatic carboxylic acids is 1. The first-order chi connectivity index (χ1) is 9.65. The Labute approximate surface area is 117 Å². The van der Waals surface area contributed by atoms with Crippen LogP contribution in [-0.4, -0.2) is 45.1 Å². The number of urea groups is 1. The van der Waals surface area contributed by atoms with Crippen LogP contribution in [-0.2, 0) is 4.79 Å². The minimum atomic E-state index is -0.755. The van der Waals surface area contributed by atoms with Crippen LogP contribution >= 0.6 is 0 Å². The van der Waals surface area contributed by atoms with E-state index in [-0.39, 0.29) is 12.5 Å². The van der Waals surface area contributed by atoms with E-state index < -0.39 is 5.97 Å². The molecule has 2 N–H and O–H groups in total. The van der Waals surface area contributed by atoms with Gasteiger partial charge in [0.05, 0.1) is 18.1 Å². The Morgan fingerprint density at radius 3 is 2.55 bits per heavy atom. The van der Waals surface area contributed by atoms with Crippen LogP contribution < -0.4 is 5.32 Å². The van der Waals surface area contributed by atoms with Gasteiger partial charge in [-0.2, -0.15) is 0 Å². The largest absolute Gasteiger partial charge is 0.481 e. The first-order valence-corrected chi connectivity index (χ1v) is 6.68. The predicted octanol–water partition coefficient (Wildman–Crippen LogP) is 1.59. The van der Waals surface area contributed by atoms with Crippen LogP contribution in [0.1, 0.15) is 25.7 Å². The quantitative estimate of drug-likeness (QED) is 0.871. The van der Waals surface area contributed by atoms with Crippen molar-refractivity contribution >= 4 is 17.7 Å². The Kier molecular flexibility index (Phi) is 4.86. The Balaban J connectivity index is 1.76. The molecule has 0 aromatic carbocycles. The lowest BCUT2D eigenvalue weighted by atomic mass is 9.92. The molecule has 1 aliphatic rings. The van der Waals surface area contributed by atoms with Gasteiger partial charge in [-0.1, -0.05) is 0 Å². The van der Waals surface area contributed by atoms with Gasteiger partial charge in [0.1, 0.15) is 6.33 Å². The summed E-state index contributed by atoms with van der Waals surface area (Å²) in [6, 6.07) is -0.156. The molecule has 1 aromatic heterocycles. The number of nitrogens with one attached hydrogen (secondary N) is 1. The van der Waals surface area contributed by atoms with Crippen molar-refractivity contribution in [3.05, 3.63) is 18.7 Å². The van der Waals surface area contributed by atoms with Gasteiger partial charge in [-0.25, -0.2) is 14.8 Å². The average molecular weight is 278 g/mol. The smallest absolute Gasteiger partial charge is 0.321 e. The summed E-state index contributed by atoms with van der Waals surface area (Å²) >= 11 is 0. The molecule has 0 unspecified atom stereocenters. The fraction of sp³-hybridized carbons (Fsp3) is 0.538. The molecule has 0 atom stereocenters. The maximum absolute atomic E-state index is 12.0. The summed E-state index contributed by atoms with van der Waals surface area (Å²) in [6.07, 6.45) is 7.10. The molecular weight excluding hydrogens is 260 g/mol. The molecule has 0 radical (unpaired) electrons. The number of likely N-dealkylation sites (tertiary alicyclic amines) is 1. The van der Waals surface area contributed by atoms with Crippen LogP contribution in [0, 0.1) is 5.92 Å². The Morgan fingerprint density at radius 1 is 1.30 bits per heavy atom. The highest BCUT2D eigenvalue weighted by Crippen LogP contribution is 2.22. The van der Waals surface area contributed by atoms with Gasteiger partial charge < -0.3 is 15.3 Å². The van der Waals surface area contributed by atoms with E-state index >= 15 is 0 Å². The summed E-state index contributed by atoms with van der Waals surface area (Å²) in [7, 11) is 0. The second kappa shape index (κ2) is 6.83. The van der Waals surface area contributed by atoms with Crippen LogP contribution in [0.5, 0.6) is 0 Å². The number of hydrogen-bond donors (Lipinski definition) is 2. The molecule has 7 heteroatoms. The van der Waals surface area contributed by atoms with Crippen molar-refractivity contribution in [2.75, 3.05) is 18.4 Å². The second-order valence-electron chi connectivity index (χ2n) is 4.92. The van der Waals surface area contributed by atoms with E-state index in [2.05, 4.69) is 15.3 Å². The molecular formula is C13H18N4O3. The van der Waals surface area contributed by atoms with E-state index in [0.29, 0.717) is 31.1 Å². The molecule has 0 saturated carbocycles. The predicted molar refractivity (Wildman–Crippen MR) is 72.2 cm³/mol. The Morgan fingerprint density at radius 2 is 1.95 bits per heavy atom. The number of hydrogen-bond acceptors (Lipinski definition) is 4. The van der Waals surface area contributed by atoms with Gasteiger partial charge in [0.2, 0.25) is 0 Å². The van der Waals surface area contributed by atoms with E-state index in [1.54, 1.807) is 17.3 Å². The summed E-state index contributed by atoms with van der Waals surface area (Å²) in [4.78, 5) is 31.9. The fourth-order valence-electron chi connectivity index (χ4n) is 2.32. The van der Waals surface area contributed by atoms with Crippen molar-refractivity contribution < 1.29 is 14.7 Å². The number of carboxylic acid groups (broad SMARTS) is 1. The Bertz CT molecular complexity index is 458. The van der Waals surface area contributed by atoms with E-state index in [1.807, 2.05) is 0 Å². The number of piperidine rings is 1.